The number of rotatable bonds is 5. The number of aliphatic hydroxyl groups is 1. The Balaban J connectivity index is 3.67. The van der Waals surface area contributed by atoms with Gasteiger partial charge in [-0.15, -0.1) is 0 Å². The predicted molar refractivity (Wildman–Crippen MR) is 53.3 cm³/mol. The van der Waals surface area contributed by atoms with E-state index in [-0.39, 0.29) is 18.2 Å². The van der Waals surface area contributed by atoms with E-state index in [4.69, 9.17) is 5.11 Å². The van der Waals surface area contributed by atoms with Crippen molar-refractivity contribution in [1.82, 2.24) is 5.32 Å². The highest BCUT2D eigenvalue weighted by atomic mass is 16.3. The molecule has 0 unspecified atom stereocenters. The van der Waals surface area contributed by atoms with Gasteiger partial charge in [-0.05, 0) is 27.2 Å². The minimum atomic E-state index is 0.112. The third kappa shape index (κ3) is 6.62. The van der Waals surface area contributed by atoms with E-state index in [9.17, 15) is 0 Å². The van der Waals surface area contributed by atoms with E-state index in [1.807, 2.05) is 0 Å². The van der Waals surface area contributed by atoms with Crippen LogP contribution in [0.4, 0.5) is 0 Å². The fraction of sp³-hybridized carbons (Fsp3) is 1.00. The lowest BCUT2D eigenvalue weighted by molar-refractivity contribution is 0.206. The average molecular weight is 173 g/mol. The number of aliphatic hydroxyl groups excluding tert-OH is 1. The molecule has 12 heavy (non-hydrogen) atoms. The highest BCUT2D eigenvalue weighted by Gasteiger charge is 2.15. The molecule has 0 spiro atoms. The second-order valence-electron chi connectivity index (χ2n) is 4.42. The lowest BCUT2D eigenvalue weighted by atomic mass is 10.0. The van der Waals surface area contributed by atoms with Gasteiger partial charge in [0.25, 0.3) is 0 Å². The van der Waals surface area contributed by atoms with Crippen molar-refractivity contribution in [2.75, 3.05) is 6.61 Å². The van der Waals surface area contributed by atoms with Crippen LogP contribution in [-0.4, -0.2) is 23.3 Å². The van der Waals surface area contributed by atoms with E-state index in [1.54, 1.807) is 0 Å². The molecule has 0 radical (unpaired) electrons. The molecule has 2 heteroatoms. The maximum Gasteiger partial charge on any atom is 0.0584 e. The van der Waals surface area contributed by atoms with Crippen molar-refractivity contribution in [2.24, 2.45) is 0 Å². The van der Waals surface area contributed by atoms with Gasteiger partial charge in [0.2, 0.25) is 0 Å². The fourth-order valence-corrected chi connectivity index (χ4v) is 1.27. The van der Waals surface area contributed by atoms with Crippen molar-refractivity contribution in [3.63, 3.8) is 0 Å². The Kier molecular flexibility index (Phi) is 5.51. The average Bonchev–Trinajstić information content (AvgIpc) is 1.95. The van der Waals surface area contributed by atoms with Gasteiger partial charge in [0.1, 0.15) is 0 Å². The van der Waals surface area contributed by atoms with Gasteiger partial charge in [0, 0.05) is 11.6 Å². The number of nitrogens with one attached hydrogen (secondary N) is 1. The smallest absolute Gasteiger partial charge is 0.0584 e. The van der Waals surface area contributed by atoms with Gasteiger partial charge in [0.15, 0.2) is 0 Å². The fourth-order valence-electron chi connectivity index (χ4n) is 1.27. The molecule has 0 amide bonds. The minimum Gasteiger partial charge on any atom is -0.395 e. The lowest BCUT2D eigenvalue weighted by Crippen LogP contribution is -2.45. The molecule has 0 aromatic carbocycles. The maximum absolute atomic E-state index is 9.05. The summed E-state index contributed by atoms with van der Waals surface area (Å²) in [6, 6.07) is 0.268. The largest absolute Gasteiger partial charge is 0.395 e. The molecule has 1 atom stereocenters. The Bertz CT molecular complexity index is 107. The molecule has 0 fully saturated rings. The van der Waals surface area contributed by atoms with Gasteiger partial charge in [-0.25, -0.2) is 0 Å². The summed E-state index contributed by atoms with van der Waals surface area (Å²) in [5.74, 6) is 0. The third-order valence-electron chi connectivity index (χ3n) is 1.76. The normalized spacial score (nSPS) is 14.8. The molecule has 0 aliphatic carbocycles. The van der Waals surface area contributed by atoms with E-state index in [1.165, 1.54) is 12.8 Å². The zero-order valence-corrected chi connectivity index (χ0v) is 8.85. The molecular weight excluding hydrogens is 150 g/mol. The van der Waals surface area contributed by atoms with Gasteiger partial charge < -0.3 is 10.4 Å². The summed E-state index contributed by atoms with van der Waals surface area (Å²) < 4.78 is 0. The van der Waals surface area contributed by atoms with Crippen LogP contribution >= 0.6 is 0 Å². The van der Waals surface area contributed by atoms with Gasteiger partial charge in [0.05, 0.1) is 6.61 Å². The molecule has 74 valence electrons. The van der Waals surface area contributed by atoms with Crippen molar-refractivity contribution in [3.05, 3.63) is 0 Å². The Morgan fingerprint density at radius 2 is 1.92 bits per heavy atom. The molecule has 0 aliphatic rings. The maximum atomic E-state index is 9.05. The van der Waals surface area contributed by atoms with E-state index in [0.29, 0.717) is 0 Å². The van der Waals surface area contributed by atoms with Gasteiger partial charge in [-0.2, -0.15) is 0 Å². The van der Waals surface area contributed by atoms with Crippen molar-refractivity contribution in [2.45, 2.75) is 58.5 Å². The third-order valence-corrected chi connectivity index (χ3v) is 1.76. The van der Waals surface area contributed by atoms with Crippen molar-refractivity contribution in [3.8, 4) is 0 Å². The zero-order valence-electron chi connectivity index (χ0n) is 8.85. The number of hydrogen-bond acceptors (Lipinski definition) is 2. The first-order chi connectivity index (χ1) is 5.49. The first kappa shape index (κ1) is 11.9. The zero-order chi connectivity index (χ0) is 9.61. The minimum absolute atomic E-state index is 0.112. The first-order valence-electron chi connectivity index (χ1n) is 4.88. The van der Waals surface area contributed by atoms with Gasteiger partial charge in [-0.1, -0.05) is 19.8 Å². The molecule has 0 saturated heterocycles. The number of hydrogen-bond donors (Lipinski definition) is 2. The molecule has 2 N–H and O–H groups in total. The Labute approximate surface area is 76.4 Å². The topological polar surface area (TPSA) is 32.3 Å². The summed E-state index contributed by atoms with van der Waals surface area (Å²) in [5.41, 5.74) is 0.112. The molecule has 0 aromatic heterocycles. The Morgan fingerprint density at radius 1 is 1.33 bits per heavy atom. The highest BCUT2D eigenvalue weighted by molar-refractivity contribution is 4.77. The first-order valence-corrected chi connectivity index (χ1v) is 4.88. The summed E-state index contributed by atoms with van der Waals surface area (Å²) in [5, 5.41) is 12.4. The summed E-state index contributed by atoms with van der Waals surface area (Å²) in [6.07, 6.45) is 3.46. The van der Waals surface area contributed by atoms with Crippen molar-refractivity contribution >= 4 is 0 Å². The molecule has 0 aromatic rings. The highest BCUT2D eigenvalue weighted by Crippen LogP contribution is 2.06. The van der Waals surface area contributed by atoms with E-state index in [2.05, 4.69) is 33.0 Å². The molecule has 0 rings (SSSR count). The van der Waals surface area contributed by atoms with Crippen LogP contribution in [0.25, 0.3) is 0 Å². The van der Waals surface area contributed by atoms with E-state index >= 15 is 0 Å². The van der Waals surface area contributed by atoms with Crippen LogP contribution in [0.2, 0.25) is 0 Å². The predicted octanol–water partition coefficient (Wildman–Crippen LogP) is 1.93. The molecule has 0 heterocycles. The number of unbranched alkanes of at least 4 members (excludes halogenated alkanes) is 1. The lowest BCUT2D eigenvalue weighted by Gasteiger charge is -2.27. The van der Waals surface area contributed by atoms with Crippen LogP contribution in [0, 0.1) is 0 Å². The second-order valence-corrected chi connectivity index (χ2v) is 4.42. The summed E-state index contributed by atoms with van der Waals surface area (Å²) in [7, 11) is 0. The van der Waals surface area contributed by atoms with Crippen LogP contribution in [0.5, 0.6) is 0 Å². The Hall–Kier alpha value is -0.0800. The van der Waals surface area contributed by atoms with E-state index < -0.39 is 0 Å². The van der Waals surface area contributed by atoms with Crippen LogP contribution in [0.3, 0.4) is 0 Å². The van der Waals surface area contributed by atoms with Gasteiger partial charge >= 0.3 is 0 Å². The van der Waals surface area contributed by atoms with Crippen LogP contribution in [-0.2, 0) is 0 Å². The molecular formula is C10H23NO. The van der Waals surface area contributed by atoms with Crippen LogP contribution < -0.4 is 5.32 Å². The molecule has 0 aliphatic heterocycles. The summed E-state index contributed by atoms with van der Waals surface area (Å²) in [4.78, 5) is 0. The monoisotopic (exact) mass is 173 g/mol. The van der Waals surface area contributed by atoms with E-state index in [0.717, 1.165) is 6.42 Å². The quantitative estimate of drug-likeness (QED) is 0.666. The van der Waals surface area contributed by atoms with Gasteiger partial charge in [-0.3, -0.25) is 0 Å². The Morgan fingerprint density at radius 3 is 2.25 bits per heavy atom. The van der Waals surface area contributed by atoms with Crippen molar-refractivity contribution < 1.29 is 5.11 Å². The summed E-state index contributed by atoms with van der Waals surface area (Å²) >= 11 is 0. The van der Waals surface area contributed by atoms with Crippen molar-refractivity contribution in [1.29, 1.82) is 0 Å². The second kappa shape index (κ2) is 5.55. The standard InChI is InChI=1S/C10H23NO/c1-5-6-7-9(8-12)11-10(2,3)4/h9,11-12H,5-8H2,1-4H3/t9-/m0/s1. The van der Waals surface area contributed by atoms with Crippen LogP contribution in [0.1, 0.15) is 47.0 Å². The molecule has 0 saturated carbocycles. The molecule has 2 nitrogen and oxygen atoms in total. The molecule has 0 bridgehead atoms. The van der Waals surface area contributed by atoms with Crippen LogP contribution in [0.15, 0.2) is 0 Å². The SMILES string of the molecule is CCCC[C@@H](CO)NC(C)(C)C. The summed E-state index contributed by atoms with van der Waals surface area (Å²) in [6.45, 7) is 8.80.